The predicted molar refractivity (Wildman–Crippen MR) is 63.8 cm³/mol. The van der Waals surface area contributed by atoms with Crippen LogP contribution in [0.15, 0.2) is 11.4 Å². The van der Waals surface area contributed by atoms with Crippen LogP contribution in [0.4, 0.5) is 0 Å². The van der Waals surface area contributed by atoms with Crippen LogP contribution in [0.25, 0.3) is 0 Å². The maximum atomic E-state index is 11.2. The molecule has 4 heteroatoms. The van der Waals surface area contributed by atoms with Gasteiger partial charge in [-0.25, -0.2) is 5.84 Å². The molecule has 0 aromatic carbocycles. The number of hydrogen-bond acceptors (Lipinski definition) is 3. The normalized spacial score (nSPS) is 10.3. The molecule has 0 spiro atoms. The Hall–Kier alpha value is -0.870. The summed E-state index contributed by atoms with van der Waals surface area (Å²) in [5, 5.41) is 2.04. The van der Waals surface area contributed by atoms with Crippen molar-refractivity contribution in [1.82, 2.24) is 5.43 Å². The molecular weight excluding hydrogens is 208 g/mol. The van der Waals surface area contributed by atoms with Crippen molar-refractivity contribution in [1.29, 1.82) is 0 Å². The molecule has 15 heavy (non-hydrogen) atoms. The Morgan fingerprint density at radius 1 is 1.47 bits per heavy atom. The Morgan fingerprint density at radius 2 is 2.27 bits per heavy atom. The van der Waals surface area contributed by atoms with Crippen molar-refractivity contribution in [3.63, 3.8) is 0 Å². The number of unbranched alkanes of at least 4 members (excludes halogenated alkanes) is 3. The Kier molecular flexibility index (Phi) is 5.36. The van der Waals surface area contributed by atoms with Crippen LogP contribution in [-0.2, 0) is 6.42 Å². The van der Waals surface area contributed by atoms with Gasteiger partial charge in [-0.3, -0.25) is 10.2 Å². The smallest absolute Gasteiger partial charge is 0.275 e. The van der Waals surface area contributed by atoms with E-state index in [2.05, 4.69) is 12.3 Å². The lowest BCUT2D eigenvalue weighted by Crippen LogP contribution is -2.29. The molecule has 0 radical (unpaired) electrons. The van der Waals surface area contributed by atoms with Crippen LogP contribution in [0.5, 0.6) is 0 Å². The minimum Gasteiger partial charge on any atom is -0.289 e. The summed E-state index contributed by atoms with van der Waals surface area (Å²) in [6.45, 7) is 2.20. The van der Waals surface area contributed by atoms with E-state index < -0.39 is 0 Å². The summed E-state index contributed by atoms with van der Waals surface area (Å²) in [7, 11) is 0. The second-order valence-corrected chi connectivity index (χ2v) is 4.51. The Labute approximate surface area is 94.6 Å². The Bertz CT molecular complexity index is 309. The van der Waals surface area contributed by atoms with Gasteiger partial charge in [0.2, 0.25) is 0 Å². The van der Waals surface area contributed by atoms with Crippen molar-refractivity contribution in [2.24, 2.45) is 5.84 Å². The summed E-state index contributed by atoms with van der Waals surface area (Å²) in [5.41, 5.74) is 3.39. The highest BCUT2D eigenvalue weighted by atomic mass is 32.1. The first-order valence-corrected chi connectivity index (χ1v) is 6.24. The average Bonchev–Trinajstić information content (AvgIpc) is 2.72. The molecule has 1 heterocycles. The molecule has 0 bridgehead atoms. The molecular formula is C11H18N2OS. The third kappa shape index (κ3) is 4.01. The molecule has 84 valence electrons. The lowest BCUT2D eigenvalue weighted by Gasteiger charge is -1.97. The number of rotatable bonds is 6. The van der Waals surface area contributed by atoms with Gasteiger partial charge in [-0.15, -0.1) is 11.3 Å². The Balaban J connectivity index is 2.36. The molecule has 1 aromatic heterocycles. The van der Waals surface area contributed by atoms with Gasteiger partial charge in [0.05, 0.1) is 4.88 Å². The van der Waals surface area contributed by atoms with E-state index in [4.69, 9.17) is 5.84 Å². The quantitative estimate of drug-likeness (QED) is 0.339. The number of nitrogens with one attached hydrogen (secondary N) is 1. The van der Waals surface area contributed by atoms with Crippen LogP contribution in [0.1, 0.15) is 47.8 Å². The first-order valence-electron chi connectivity index (χ1n) is 5.36. The summed E-state index contributed by atoms with van der Waals surface area (Å²) >= 11 is 1.45. The molecule has 0 fully saturated rings. The van der Waals surface area contributed by atoms with Crippen LogP contribution >= 0.6 is 11.3 Å². The van der Waals surface area contributed by atoms with Crippen LogP contribution < -0.4 is 11.3 Å². The lowest BCUT2D eigenvalue weighted by atomic mass is 10.1. The van der Waals surface area contributed by atoms with E-state index in [1.807, 2.05) is 11.4 Å². The molecule has 1 amide bonds. The molecule has 0 aliphatic rings. The number of nitrogens with two attached hydrogens (primary N) is 1. The summed E-state index contributed by atoms with van der Waals surface area (Å²) < 4.78 is 0. The topological polar surface area (TPSA) is 55.1 Å². The minimum absolute atomic E-state index is 0.195. The standard InChI is InChI=1S/C11H18N2OS/c1-2-3-4-5-6-9-7-10(15-8-9)11(14)13-12/h7-8H,2-6,12H2,1H3,(H,13,14). The monoisotopic (exact) mass is 226 g/mol. The van der Waals surface area contributed by atoms with Crippen molar-refractivity contribution in [3.05, 3.63) is 21.9 Å². The van der Waals surface area contributed by atoms with Crippen molar-refractivity contribution in [2.45, 2.75) is 39.0 Å². The van der Waals surface area contributed by atoms with Crippen molar-refractivity contribution in [2.75, 3.05) is 0 Å². The van der Waals surface area contributed by atoms with E-state index >= 15 is 0 Å². The van der Waals surface area contributed by atoms with Crippen LogP contribution in [-0.4, -0.2) is 5.91 Å². The largest absolute Gasteiger partial charge is 0.289 e. The van der Waals surface area contributed by atoms with Gasteiger partial charge in [0.1, 0.15) is 0 Å². The van der Waals surface area contributed by atoms with Gasteiger partial charge in [0.15, 0.2) is 0 Å². The predicted octanol–water partition coefficient (Wildman–Crippen LogP) is 2.47. The van der Waals surface area contributed by atoms with Crippen molar-refractivity contribution in [3.8, 4) is 0 Å². The number of hydrogen-bond donors (Lipinski definition) is 2. The maximum absolute atomic E-state index is 11.2. The van der Waals surface area contributed by atoms with Gasteiger partial charge in [-0.2, -0.15) is 0 Å². The molecule has 0 unspecified atom stereocenters. The number of thiophene rings is 1. The molecule has 3 nitrogen and oxygen atoms in total. The maximum Gasteiger partial charge on any atom is 0.275 e. The first-order chi connectivity index (χ1) is 7.27. The Morgan fingerprint density at radius 3 is 2.93 bits per heavy atom. The van der Waals surface area contributed by atoms with Crippen molar-refractivity contribution >= 4 is 17.2 Å². The van der Waals surface area contributed by atoms with Gasteiger partial charge < -0.3 is 0 Å². The zero-order valence-corrected chi connectivity index (χ0v) is 9.90. The molecule has 3 N–H and O–H groups in total. The van der Waals surface area contributed by atoms with Gasteiger partial charge in [0.25, 0.3) is 5.91 Å². The molecule has 1 rings (SSSR count). The zero-order chi connectivity index (χ0) is 11.1. The fraction of sp³-hybridized carbons (Fsp3) is 0.545. The van der Waals surface area contributed by atoms with Gasteiger partial charge in [-0.1, -0.05) is 26.2 Å². The summed E-state index contributed by atoms with van der Waals surface area (Å²) in [5.74, 6) is 4.87. The van der Waals surface area contributed by atoms with E-state index in [-0.39, 0.29) is 5.91 Å². The van der Waals surface area contributed by atoms with Gasteiger partial charge >= 0.3 is 0 Å². The van der Waals surface area contributed by atoms with E-state index in [9.17, 15) is 4.79 Å². The fourth-order valence-corrected chi connectivity index (χ4v) is 2.30. The van der Waals surface area contributed by atoms with Crippen molar-refractivity contribution < 1.29 is 4.79 Å². The zero-order valence-electron chi connectivity index (χ0n) is 9.08. The highest BCUT2D eigenvalue weighted by Crippen LogP contribution is 2.17. The van der Waals surface area contributed by atoms with Gasteiger partial charge in [-0.05, 0) is 29.9 Å². The van der Waals surface area contributed by atoms with Crippen LogP contribution in [0, 0.1) is 0 Å². The SMILES string of the molecule is CCCCCCc1csc(C(=O)NN)c1. The molecule has 0 aliphatic carbocycles. The number of amides is 1. The summed E-state index contributed by atoms with van der Waals surface area (Å²) in [6, 6.07) is 1.93. The first kappa shape index (κ1) is 12.2. The molecule has 0 saturated carbocycles. The number of carbonyl (C=O) groups excluding carboxylic acids is 1. The van der Waals surface area contributed by atoms with E-state index in [1.54, 1.807) is 0 Å². The van der Waals surface area contributed by atoms with Crippen LogP contribution in [0.3, 0.4) is 0 Å². The summed E-state index contributed by atoms with van der Waals surface area (Å²) in [6.07, 6.45) is 6.08. The van der Waals surface area contributed by atoms with E-state index in [0.29, 0.717) is 4.88 Å². The number of carbonyl (C=O) groups is 1. The lowest BCUT2D eigenvalue weighted by molar-refractivity contribution is 0.0957. The van der Waals surface area contributed by atoms with Gasteiger partial charge in [0, 0.05) is 0 Å². The third-order valence-electron chi connectivity index (χ3n) is 2.33. The fourth-order valence-electron chi connectivity index (χ4n) is 1.45. The second kappa shape index (κ2) is 6.58. The van der Waals surface area contributed by atoms with E-state index in [0.717, 1.165) is 6.42 Å². The summed E-state index contributed by atoms with van der Waals surface area (Å²) in [4.78, 5) is 11.9. The number of nitrogen functional groups attached to an aromatic ring is 1. The third-order valence-corrected chi connectivity index (χ3v) is 3.31. The molecule has 0 aliphatic heterocycles. The molecule has 0 atom stereocenters. The second-order valence-electron chi connectivity index (χ2n) is 3.60. The molecule has 0 saturated heterocycles. The van der Waals surface area contributed by atoms with Crippen LogP contribution in [0.2, 0.25) is 0 Å². The number of aryl methyl sites for hydroxylation is 1. The molecule has 1 aromatic rings. The minimum atomic E-state index is -0.195. The number of hydrazine groups is 1. The highest BCUT2D eigenvalue weighted by molar-refractivity contribution is 7.12. The highest BCUT2D eigenvalue weighted by Gasteiger charge is 2.06. The van der Waals surface area contributed by atoms with E-state index in [1.165, 1.54) is 42.6 Å². The average molecular weight is 226 g/mol.